The van der Waals surface area contributed by atoms with Crippen LogP contribution in [0.1, 0.15) is 21.5 Å². The molecule has 4 nitrogen and oxygen atoms in total. The van der Waals surface area contributed by atoms with Crippen LogP contribution in [-0.4, -0.2) is 12.1 Å². The zero-order chi connectivity index (χ0) is 18.2. The molecule has 0 spiro atoms. The second-order valence-corrected chi connectivity index (χ2v) is 6.47. The van der Waals surface area contributed by atoms with Crippen LogP contribution in [0, 0.1) is 0 Å². The van der Waals surface area contributed by atoms with Gasteiger partial charge in [-0.2, -0.15) is 5.10 Å². The predicted octanol–water partition coefficient (Wildman–Crippen LogP) is 4.79. The van der Waals surface area contributed by atoms with Crippen molar-refractivity contribution in [1.29, 1.82) is 0 Å². The van der Waals surface area contributed by atoms with Crippen LogP contribution in [0.15, 0.2) is 88.4 Å². The Kier molecular flexibility index (Phi) is 6.17. The number of hydrogen-bond acceptors (Lipinski definition) is 3. The Balaban J connectivity index is 1.57. The molecule has 0 saturated carbocycles. The van der Waals surface area contributed by atoms with Gasteiger partial charge in [0.25, 0.3) is 5.91 Å². The van der Waals surface area contributed by atoms with Crippen molar-refractivity contribution in [2.45, 2.75) is 6.61 Å². The summed E-state index contributed by atoms with van der Waals surface area (Å²) in [5.74, 6) is 0.493. The molecule has 0 bridgehead atoms. The van der Waals surface area contributed by atoms with Crippen molar-refractivity contribution in [3.63, 3.8) is 0 Å². The number of amides is 1. The molecule has 1 N–H and O–H groups in total. The molecule has 0 aliphatic carbocycles. The van der Waals surface area contributed by atoms with Crippen LogP contribution >= 0.6 is 15.9 Å². The number of halogens is 1. The van der Waals surface area contributed by atoms with Crippen molar-refractivity contribution < 1.29 is 9.53 Å². The molecular formula is C21H17BrN2O2. The third kappa shape index (κ3) is 5.29. The predicted molar refractivity (Wildman–Crippen MR) is 106 cm³/mol. The third-order valence-corrected chi connectivity index (χ3v) is 4.06. The minimum absolute atomic E-state index is 0.246. The maximum Gasteiger partial charge on any atom is 0.271 e. The van der Waals surface area contributed by atoms with Crippen LogP contribution in [0.25, 0.3) is 0 Å². The molecule has 130 valence electrons. The number of benzene rings is 3. The van der Waals surface area contributed by atoms with Gasteiger partial charge in [0.1, 0.15) is 12.4 Å². The van der Waals surface area contributed by atoms with E-state index >= 15 is 0 Å². The van der Waals surface area contributed by atoms with Crippen LogP contribution in [0.5, 0.6) is 5.75 Å². The summed E-state index contributed by atoms with van der Waals surface area (Å²) in [7, 11) is 0. The molecule has 0 saturated heterocycles. The van der Waals surface area contributed by atoms with Crippen molar-refractivity contribution in [3.05, 3.63) is 100 Å². The Morgan fingerprint density at radius 1 is 1.00 bits per heavy atom. The summed E-state index contributed by atoms with van der Waals surface area (Å²) in [5, 5.41) is 4.00. The van der Waals surface area contributed by atoms with Gasteiger partial charge in [0, 0.05) is 10.0 Å². The van der Waals surface area contributed by atoms with Crippen molar-refractivity contribution in [1.82, 2.24) is 5.43 Å². The Labute approximate surface area is 160 Å². The van der Waals surface area contributed by atoms with Crippen LogP contribution in [0.3, 0.4) is 0 Å². The van der Waals surface area contributed by atoms with E-state index in [0.717, 1.165) is 21.3 Å². The van der Waals surface area contributed by atoms with E-state index in [2.05, 4.69) is 26.5 Å². The van der Waals surface area contributed by atoms with E-state index in [1.807, 2.05) is 66.7 Å². The van der Waals surface area contributed by atoms with Crippen molar-refractivity contribution in [3.8, 4) is 5.75 Å². The normalized spacial score (nSPS) is 10.7. The summed E-state index contributed by atoms with van der Waals surface area (Å²) in [6.45, 7) is 0.477. The van der Waals surface area contributed by atoms with Crippen molar-refractivity contribution in [2.24, 2.45) is 5.10 Å². The number of ether oxygens (including phenoxy) is 1. The van der Waals surface area contributed by atoms with Crippen LogP contribution in [-0.2, 0) is 6.61 Å². The highest BCUT2D eigenvalue weighted by atomic mass is 79.9. The number of nitrogens with zero attached hydrogens (tertiary/aromatic N) is 1. The minimum atomic E-state index is -0.246. The Morgan fingerprint density at radius 3 is 2.62 bits per heavy atom. The number of nitrogens with one attached hydrogen (secondary N) is 1. The summed E-state index contributed by atoms with van der Waals surface area (Å²) < 4.78 is 6.84. The Hall–Kier alpha value is -2.92. The smallest absolute Gasteiger partial charge is 0.271 e. The Bertz CT molecular complexity index is 911. The van der Waals surface area contributed by atoms with E-state index in [0.29, 0.717) is 12.2 Å². The van der Waals surface area contributed by atoms with Gasteiger partial charge in [-0.25, -0.2) is 5.43 Å². The third-order valence-electron chi connectivity index (χ3n) is 3.57. The first-order chi connectivity index (χ1) is 12.7. The molecule has 0 aliphatic heterocycles. The molecule has 1 amide bonds. The van der Waals surface area contributed by atoms with Crippen molar-refractivity contribution in [2.75, 3.05) is 0 Å². The summed E-state index contributed by atoms with van der Waals surface area (Å²) in [5.41, 5.74) is 5.00. The zero-order valence-electron chi connectivity index (χ0n) is 13.9. The lowest BCUT2D eigenvalue weighted by atomic mass is 10.2. The van der Waals surface area contributed by atoms with Crippen LogP contribution in [0.4, 0.5) is 0 Å². The SMILES string of the molecule is O=C(N/N=C/c1cccc(OCc2cccc(Br)c2)c1)c1ccccc1. The van der Waals surface area contributed by atoms with Gasteiger partial charge in [0.15, 0.2) is 0 Å². The number of carbonyl (C=O) groups excluding carboxylic acids is 1. The highest BCUT2D eigenvalue weighted by Gasteiger charge is 2.02. The number of hydrogen-bond donors (Lipinski definition) is 1. The summed E-state index contributed by atoms with van der Waals surface area (Å²) >= 11 is 3.45. The first-order valence-corrected chi connectivity index (χ1v) is 8.86. The van der Waals surface area contributed by atoms with Gasteiger partial charge in [0.05, 0.1) is 6.21 Å². The fourth-order valence-electron chi connectivity index (χ4n) is 2.30. The molecule has 3 aromatic rings. The minimum Gasteiger partial charge on any atom is -0.489 e. The van der Waals surface area contributed by atoms with Gasteiger partial charge >= 0.3 is 0 Å². The molecule has 3 aromatic carbocycles. The van der Waals surface area contributed by atoms with E-state index in [9.17, 15) is 4.79 Å². The van der Waals surface area contributed by atoms with E-state index in [4.69, 9.17) is 4.74 Å². The van der Waals surface area contributed by atoms with Gasteiger partial charge in [0.2, 0.25) is 0 Å². The fraction of sp³-hybridized carbons (Fsp3) is 0.0476. The maximum absolute atomic E-state index is 11.9. The average molecular weight is 409 g/mol. The first kappa shape index (κ1) is 17.9. The van der Waals surface area contributed by atoms with Gasteiger partial charge < -0.3 is 4.74 Å². The molecule has 5 heteroatoms. The summed E-state index contributed by atoms with van der Waals surface area (Å²) in [4.78, 5) is 11.9. The van der Waals surface area contributed by atoms with Gasteiger partial charge in [-0.1, -0.05) is 58.4 Å². The first-order valence-electron chi connectivity index (χ1n) is 8.06. The molecule has 3 rings (SSSR count). The lowest BCUT2D eigenvalue weighted by Crippen LogP contribution is -2.17. The molecular weight excluding hydrogens is 392 g/mol. The van der Waals surface area contributed by atoms with Crippen LogP contribution in [0.2, 0.25) is 0 Å². The molecule has 0 aromatic heterocycles. The second-order valence-electron chi connectivity index (χ2n) is 5.56. The van der Waals surface area contributed by atoms with Crippen LogP contribution < -0.4 is 10.2 Å². The lowest BCUT2D eigenvalue weighted by Gasteiger charge is -2.07. The second kappa shape index (κ2) is 8.97. The van der Waals surface area contributed by atoms with E-state index in [1.54, 1.807) is 18.3 Å². The van der Waals surface area contributed by atoms with E-state index in [1.165, 1.54) is 0 Å². The van der Waals surface area contributed by atoms with E-state index in [-0.39, 0.29) is 5.91 Å². The molecule has 0 fully saturated rings. The highest BCUT2D eigenvalue weighted by molar-refractivity contribution is 9.10. The Morgan fingerprint density at radius 2 is 1.81 bits per heavy atom. The largest absolute Gasteiger partial charge is 0.489 e. The molecule has 0 atom stereocenters. The molecule has 0 aliphatic rings. The van der Waals surface area contributed by atoms with E-state index < -0.39 is 0 Å². The number of carbonyl (C=O) groups is 1. The number of hydrazone groups is 1. The quantitative estimate of drug-likeness (QED) is 0.470. The summed E-state index contributed by atoms with van der Waals surface area (Å²) in [6.07, 6.45) is 1.59. The van der Waals surface area contributed by atoms with Crippen molar-refractivity contribution >= 4 is 28.1 Å². The topological polar surface area (TPSA) is 50.7 Å². The standard InChI is InChI=1S/C21H17BrN2O2/c22-19-10-4-7-17(12-19)15-26-20-11-5-6-16(13-20)14-23-24-21(25)18-8-2-1-3-9-18/h1-14H,15H2,(H,24,25)/b23-14+. The molecule has 0 heterocycles. The number of rotatable bonds is 6. The lowest BCUT2D eigenvalue weighted by molar-refractivity contribution is 0.0955. The fourth-order valence-corrected chi connectivity index (χ4v) is 2.74. The van der Waals surface area contributed by atoms with Gasteiger partial charge in [-0.3, -0.25) is 4.79 Å². The maximum atomic E-state index is 11.9. The molecule has 0 unspecified atom stereocenters. The highest BCUT2D eigenvalue weighted by Crippen LogP contribution is 2.16. The average Bonchev–Trinajstić information content (AvgIpc) is 2.67. The summed E-state index contributed by atoms with van der Waals surface area (Å²) in [6, 6.07) is 24.5. The zero-order valence-corrected chi connectivity index (χ0v) is 15.5. The molecule has 0 radical (unpaired) electrons. The van der Waals surface area contributed by atoms with Gasteiger partial charge in [-0.15, -0.1) is 0 Å². The molecule has 26 heavy (non-hydrogen) atoms. The van der Waals surface area contributed by atoms with Gasteiger partial charge in [-0.05, 0) is 47.5 Å². The monoisotopic (exact) mass is 408 g/mol.